The molecule has 1 saturated carbocycles. The fourth-order valence-corrected chi connectivity index (χ4v) is 4.04. The Morgan fingerprint density at radius 3 is 2.73 bits per heavy atom. The van der Waals surface area contributed by atoms with E-state index < -0.39 is 6.10 Å². The van der Waals surface area contributed by atoms with Crippen LogP contribution >= 0.6 is 0 Å². The normalized spacial score (nSPS) is 20.6. The van der Waals surface area contributed by atoms with Gasteiger partial charge in [-0.1, -0.05) is 12.8 Å². The number of nitrogens with one attached hydrogen (secondary N) is 1. The first-order valence-electron chi connectivity index (χ1n) is 9.70. The molecule has 1 heterocycles. The van der Waals surface area contributed by atoms with E-state index in [1.165, 1.54) is 44.2 Å². The molecule has 1 aromatic rings. The smallest absolute Gasteiger partial charge is 0.194 e. The predicted molar refractivity (Wildman–Crippen MR) is 101 cm³/mol. The molecule has 0 bridgehead atoms. The van der Waals surface area contributed by atoms with Crippen molar-refractivity contribution in [2.75, 3.05) is 32.8 Å². The van der Waals surface area contributed by atoms with Gasteiger partial charge < -0.3 is 20.1 Å². The van der Waals surface area contributed by atoms with Gasteiger partial charge in [-0.15, -0.1) is 0 Å². The number of likely N-dealkylation sites (tertiary alicyclic amines) is 1. The van der Waals surface area contributed by atoms with Gasteiger partial charge >= 0.3 is 0 Å². The van der Waals surface area contributed by atoms with Crippen molar-refractivity contribution in [1.82, 2.24) is 10.2 Å². The van der Waals surface area contributed by atoms with Crippen LogP contribution in [0.15, 0.2) is 29.3 Å². The van der Waals surface area contributed by atoms with Crippen LogP contribution in [0.25, 0.3) is 0 Å². The molecule has 2 N–H and O–H groups in total. The van der Waals surface area contributed by atoms with Crippen molar-refractivity contribution in [1.29, 1.82) is 0 Å². The molecule has 6 heteroatoms. The molecule has 0 amide bonds. The SMILES string of the molecule is CCNC(=NCC(O)COc1ccc(F)cc1)N1CCC2(CCCC2)C1. The summed E-state index contributed by atoms with van der Waals surface area (Å²) in [5.41, 5.74) is 0.487. The van der Waals surface area contributed by atoms with Crippen molar-refractivity contribution >= 4 is 5.96 Å². The Balaban J connectivity index is 1.51. The lowest BCUT2D eigenvalue weighted by atomic mass is 9.86. The summed E-state index contributed by atoms with van der Waals surface area (Å²) >= 11 is 0. The van der Waals surface area contributed by atoms with Crippen LogP contribution in [-0.2, 0) is 0 Å². The fraction of sp³-hybridized carbons (Fsp3) is 0.650. The van der Waals surface area contributed by atoms with Crippen LogP contribution in [0.4, 0.5) is 4.39 Å². The average Bonchev–Trinajstić information content (AvgIpc) is 3.28. The monoisotopic (exact) mass is 363 g/mol. The number of aliphatic hydroxyl groups excluding tert-OH is 1. The maximum atomic E-state index is 12.9. The van der Waals surface area contributed by atoms with Crippen LogP contribution in [0, 0.1) is 11.2 Å². The first-order valence-corrected chi connectivity index (χ1v) is 9.70. The summed E-state index contributed by atoms with van der Waals surface area (Å²) in [4.78, 5) is 6.95. The van der Waals surface area contributed by atoms with Crippen molar-refractivity contribution in [3.05, 3.63) is 30.1 Å². The van der Waals surface area contributed by atoms with Crippen LogP contribution in [0.3, 0.4) is 0 Å². The van der Waals surface area contributed by atoms with E-state index in [2.05, 4.69) is 22.1 Å². The fourth-order valence-electron chi connectivity index (χ4n) is 4.04. The number of hydrogen-bond donors (Lipinski definition) is 2. The Morgan fingerprint density at radius 1 is 1.31 bits per heavy atom. The summed E-state index contributed by atoms with van der Waals surface area (Å²) in [5, 5.41) is 13.5. The molecule has 0 radical (unpaired) electrons. The van der Waals surface area contributed by atoms with Crippen LogP contribution in [-0.4, -0.2) is 54.9 Å². The average molecular weight is 363 g/mol. The van der Waals surface area contributed by atoms with Gasteiger partial charge in [-0.25, -0.2) is 4.39 Å². The minimum atomic E-state index is -0.697. The predicted octanol–water partition coefficient (Wildman–Crippen LogP) is 2.80. The zero-order valence-electron chi connectivity index (χ0n) is 15.6. The molecule has 0 aromatic heterocycles. The van der Waals surface area contributed by atoms with E-state index in [1.54, 1.807) is 12.1 Å². The Hall–Kier alpha value is -1.82. The molecule has 1 aromatic carbocycles. The first-order chi connectivity index (χ1) is 12.6. The van der Waals surface area contributed by atoms with E-state index in [0.717, 1.165) is 25.6 Å². The maximum absolute atomic E-state index is 12.9. The molecule has 144 valence electrons. The van der Waals surface area contributed by atoms with Crippen LogP contribution in [0.1, 0.15) is 39.0 Å². The number of halogens is 1. The number of hydrogen-bond acceptors (Lipinski definition) is 3. The van der Waals surface area contributed by atoms with Gasteiger partial charge in [0.2, 0.25) is 0 Å². The van der Waals surface area contributed by atoms with Crippen molar-refractivity contribution in [3.63, 3.8) is 0 Å². The highest BCUT2D eigenvalue weighted by atomic mass is 19.1. The highest BCUT2D eigenvalue weighted by Gasteiger charge is 2.41. The van der Waals surface area contributed by atoms with Gasteiger partial charge in [0, 0.05) is 19.6 Å². The topological polar surface area (TPSA) is 57.1 Å². The van der Waals surface area contributed by atoms with Gasteiger partial charge in [0.15, 0.2) is 5.96 Å². The molecule has 2 fully saturated rings. The Kier molecular flexibility index (Phi) is 6.35. The molecule has 1 saturated heterocycles. The Labute approximate surface area is 155 Å². The highest BCUT2D eigenvalue weighted by Crippen LogP contribution is 2.45. The standard InChI is InChI=1S/C20H30FN3O2/c1-2-22-19(24-12-11-20(15-24)9-3-4-10-20)23-13-17(25)14-26-18-7-5-16(21)6-8-18/h5-8,17,25H,2-4,9-15H2,1H3,(H,22,23). The third-order valence-electron chi connectivity index (χ3n) is 5.44. The van der Waals surface area contributed by atoms with Gasteiger partial charge in [-0.05, 0) is 55.9 Å². The number of guanidine groups is 1. The summed E-state index contributed by atoms with van der Waals surface area (Å²) in [6, 6.07) is 5.80. The van der Waals surface area contributed by atoms with Crippen molar-refractivity contribution in [3.8, 4) is 5.75 Å². The van der Waals surface area contributed by atoms with E-state index in [4.69, 9.17) is 4.74 Å². The van der Waals surface area contributed by atoms with E-state index in [0.29, 0.717) is 11.2 Å². The summed E-state index contributed by atoms with van der Waals surface area (Å²) in [6.07, 6.45) is 5.90. The zero-order chi connectivity index (χ0) is 18.4. The van der Waals surface area contributed by atoms with Gasteiger partial charge in [0.05, 0.1) is 6.54 Å². The first kappa shape index (κ1) is 19.0. The molecule has 1 aliphatic carbocycles. The highest BCUT2D eigenvalue weighted by molar-refractivity contribution is 5.80. The van der Waals surface area contributed by atoms with E-state index in [9.17, 15) is 9.50 Å². The number of ether oxygens (including phenoxy) is 1. The quantitative estimate of drug-likeness (QED) is 0.603. The number of aliphatic imine (C=N–C) groups is 1. The summed E-state index contributed by atoms with van der Waals surface area (Å²) in [5.74, 6) is 1.13. The van der Waals surface area contributed by atoms with Crippen LogP contribution < -0.4 is 10.1 Å². The third-order valence-corrected chi connectivity index (χ3v) is 5.44. The maximum Gasteiger partial charge on any atom is 0.194 e. The summed E-state index contributed by atoms with van der Waals surface area (Å²) in [6.45, 7) is 5.40. The van der Waals surface area contributed by atoms with Gasteiger partial charge in [-0.2, -0.15) is 0 Å². The van der Waals surface area contributed by atoms with Crippen molar-refractivity contribution in [2.45, 2.75) is 45.1 Å². The molecule has 3 rings (SSSR count). The zero-order valence-corrected chi connectivity index (χ0v) is 15.6. The molecule has 1 spiro atoms. The van der Waals surface area contributed by atoms with Crippen molar-refractivity contribution in [2.24, 2.45) is 10.4 Å². The number of benzene rings is 1. The molecule has 26 heavy (non-hydrogen) atoms. The van der Waals surface area contributed by atoms with Gasteiger partial charge in [0.1, 0.15) is 24.3 Å². The summed E-state index contributed by atoms with van der Waals surface area (Å²) in [7, 11) is 0. The Bertz CT molecular complexity index is 600. The van der Waals surface area contributed by atoms with Crippen molar-refractivity contribution < 1.29 is 14.2 Å². The minimum absolute atomic E-state index is 0.137. The lowest BCUT2D eigenvalue weighted by molar-refractivity contribution is 0.114. The second kappa shape index (κ2) is 8.71. The minimum Gasteiger partial charge on any atom is -0.491 e. The molecule has 1 aliphatic heterocycles. The number of rotatable bonds is 6. The lowest BCUT2D eigenvalue weighted by Crippen LogP contribution is -2.41. The largest absolute Gasteiger partial charge is 0.491 e. The van der Waals surface area contributed by atoms with E-state index >= 15 is 0 Å². The van der Waals surface area contributed by atoms with Crippen LogP contribution in [0.2, 0.25) is 0 Å². The second-order valence-electron chi connectivity index (χ2n) is 7.49. The molecular formula is C20H30FN3O2. The number of nitrogens with zero attached hydrogens (tertiary/aromatic N) is 2. The van der Waals surface area contributed by atoms with Crippen LogP contribution in [0.5, 0.6) is 5.75 Å². The molecular weight excluding hydrogens is 333 g/mol. The lowest BCUT2D eigenvalue weighted by Gasteiger charge is -2.26. The van der Waals surface area contributed by atoms with E-state index in [1.807, 2.05) is 0 Å². The second-order valence-corrected chi connectivity index (χ2v) is 7.49. The molecule has 2 aliphatic rings. The van der Waals surface area contributed by atoms with Gasteiger partial charge in [-0.3, -0.25) is 4.99 Å². The van der Waals surface area contributed by atoms with Gasteiger partial charge in [0.25, 0.3) is 0 Å². The molecule has 1 unspecified atom stereocenters. The number of aliphatic hydroxyl groups is 1. The molecule has 1 atom stereocenters. The molecule has 5 nitrogen and oxygen atoms in total. The summed E-state index contributed by atoms with van der Waals surface area (Å²) < 4.78 is 18.4. The third kappa shape index (κ3) is 4.87. The Morgan fingerprint density at radius 2 is 2.04 bits per heavy atom. The van der Waals surface area contributed by atoms with E-state index in [-0.39, 0.29) is 19.0 Å².